The Morgan fingerprint density at radius 3 is 2.74 bits per heavy atom. The molecule has 0 amide bonds. The van der Waals surface area contributed by atoms with Crippen LogP contribution in [0.3, 0.4) is 0 Å². The van der Waals surface area contributed by atoms with Crippen LogP contribution in [0, 0.1) is 6.92 Å². The second-order valence-corrected chi connectivity index (χ2v) is 4.87. The third-order valence-corrected chi connectivity index (χ3v) is 3.22. The molecular formula is C15H14ClN3. The molecule has 0 aliphatic rings. The molecule has 2 aromatic heterocycles. The van der Waals surface area contributed by atoms with Gasteiger partial charge in [-0.25, -0.2) is 9.97 Å². The number of para-hydroxylation sites is 1. The highest BCUT2D eigenvalue weighted by Crippen LogP contribution is 2.21. The third-order valence-electron chi connectivity index (χ3n) is 3.04. The molecule has 0 radical (unpaired) electrons. The zero-order chi connectivity index (χ0) is 13.2. The van der Waals surface area contributed by atoms with Gasteiger partial charge in [-0.15, -0.1) is 11.6 Å². The van der Waals surface area contributed by atoms with E-state index < -0.39 is 0 Å². The van der Waals surface area contributed by atoms with E-state index in [-0.39, 0.29) is 0 Å². The van der Waals surface area contributed by atoms with E-state index in [4.69, 9.17) is 11.6 Å². The molecule has 0 bridgehead atoms. The summed E-state index contributed by atoms with van der Waals surface area (Å²) in [4.78, 5) is 9.17. The first-order valence-corrected chi connectivity index (χ1v) is 6.78. The Morgan fingerprint density at radius 2 is 2.00 bits per heavy atom. The third kappa shape index (κ3) is 2.22. The van der Waals surface area contributed by atoms with Gasteiger partial charge in [0, 0.05) is 24.2 Å². The molecule has 1 aromatic carbocycles. The number of aryl methyl sites for hydroxylation is 2. The van der Waals surface area contributed by atoms with E-state index in [0.29, 0.717) is 5.88 Å². The lowest BCUT2D eigenvalue weighted by molar-refractivity contribution is 0.905. The summed E-state index contributed by atoms with van der Waals surface area (Å²) in [6.07, 6.45) is 2.60. The van der Waals surface area contributed by atoms with Crippen molar-refractivity contribution in [3.05, 3.63) is 54.0 Å². The van der Waals surface area contributed by atoms with Gasteiger partial charge in [0.2, 0.25) is 0 Å². The number of benzene rings is 1. The quantitative estimate of drug-likeness (QED) is 0.683. The van der Waals surface area contributed by atoms with Crippen LogP contribution in [0.15, 0.2) is 42.6 Å². The predicted octanol–water partition coefficient (Wildman–Crippen LogP) is 3.51. The van der Waals surface area contributed by atoms with Crippen LogP contribution in [0.25, 0.3) is 16.9 Å². The fourth-order valence-corrected chi connectivity index (χ4v) is 2.38. The summed E-state index contributed by atoms with van der Waals surface area (Å²) in [6, 6.07) is 12.2. The van der Waals surface area contributed by atoms with Crippen LogP contribution in [0.5, 0.6) is 0 Å². The zero-order valence-corrected chi connectivity index (χ0v) is 11.4. The molecule has 19 heavy (non-hydrogen) atoms. The van der Waals surface area contributed by atoms with Gasteiger partial charge in [-0.3, -0.25) is 4.57 Å². The lowest BCUT2D eigenvalue weighted by Crippen LogP contribution is -2.02. The van der Waals surface area contributed by atoms with Crippen molar-refractivity contribution in [2.75, 3.05) is 5.88 Å². The van der Waals surface area contributed by atoms with E-state index in [1.165, 1.54) is 0 Å². The van der Waals surface area contributed by atoms with E-state index in [2.05, 4.69) is 32.7 Å². The van der Waals surface area contributed by atoms with Crippen molar-refractivity contribution in [1.29, 1.82) is 0 Å². The zero-order valence-electron chi connectivity index (χ0n) is 10.7. The normalized spacial score (nSPS) is 11.1. The fraction of sp³-hybridized carbons (Fsp3) is 0.200. The number of rotatable bonds is 3. The summed E-state index contributed by atoms with van der Waals surface area (Å²) in [5, 5.41) is 0. The van der Waals surface area contributed by atoms with Crippen molar-refractivity contribution in [2.24, 2.45) is 0 Å². The van der Waals surface area contributed by atoms with Crippen LogP contribution < -0.4 is 0 Å². The Hall–Kier alpha value is -1.87. The Balaban J connectivity index is 2.28. The van der Waals surface area contributed by atoms with Crippen LogP contribution in [-0.4, -0.2) is 20.4 Å². The summed E-state index contributed by atoms with van der Waals surface area (Å²) in [6.45, 7) is 2.02. The lowest BCUT2D eigenvalue weighted by atomic mass is 10.3. The maximum atomic E-state index is 5.88. The number of halogens is 1. The van der Waals surface area contributed by atoms with Gasteiger partial charge in [0.15, 0.2) is 5.65 Å². The molecule has 0 aliphatic heterocycles. The van der Waals surface area contributed by atoms with Crippen molar-refractivity contribution >= 4 is 22.8 Å². The van der Waals surface area contributed by atoms with E-state index in [0.717, 1.165) is 34.7 Å². The van der Waals surface area contributed by atoms with E-state index in [1.807, 2.05) is 31.3 Å². The number of hydrogen-bond donors (Lipinski definition) is 0. The highest BCUT2D eigenvalue weighted by atomic mass is 35.5. The number of aromatic nitrogens is 3. The molecule has 0 saturated heterocycles. The number of fused-ring (bicyclic) bond motifs is 1. The van der Waals surface area contributed by atoms with Gasteiger partial charge >= 0.3 is 0 Å². The largest absolute Gasteiger partial charge is 0.281 e. The topological polar surface area (TPSA) is 30.7 Å². The van der Waals surface area contributed by atoms with Crippen molar-refractivity contribution in [2.45, 2.75) is 13.3 Å². The minimum atomic E-state index is 0.551. The molecule has 0 unspecified atom stereocenters. The number of imidazole rings is 1. The number of pyridine rings is 1. The summed E-state index contributed by atoms with van der Waals surface area (Å²) in [7, 11) is 0. The first kappa shape index (κ1) is 12.2. The average Bonchev–Trinajstić information content (AvgIpc) is 2.77. The monoisotopic (exact) mass is 271 g/mol. The standard InChI is InChI=1S/C15H14ClN3/c1-11-9-13-15(17-10-11)19(14(18-13)7-8-16)12-5-3-2-4-6-12/h2-6,9-10H,7-8H2,1H3. The van der Waals surface area contributed by atoms with Gasteiger partial charge in [0.05, 0.1) is 0 Å². The van der Waals surface area contributed by atoms with Crippen LogP contribution in [0.2, 0.25) is 0 Å². The maximum Gasteiger partial charge on any atom is 0.164 e. The molecule has 0 atom stereocenters. The summed E-state index contributed by atoms with van der Waals surface area (Å²) >= 11 is 5.88. The molecule has 3 aromatic rings. The molecule has 0 aliphatic carbocycles. The minimum absolute atomic E-state index is 0.551. The SMILES string of the molecule is Cc1cnc2c(c1)nc(CCCl)n2-c1ccccc1. The van der Waals surface area contributed by atoms with Crippen molar-refractivity contribution < 1.29 is 0 Å². The Labute approximate surface area is 116 Å². The van der Waals surface area contributed by atoms with Gasteiger partial charge < -0.3 is 0 Å². The number of hydrogen-bond acceptors (Lipinski definition) is 2. The van der Waals surface area contributed by atoms with Gasteiger partial charge in [0.25, 0.3) is 0 Å². The van der Waals surface area contributed by atoms with Crippen molar-refractivity contribution in [3.8, 4) is 5.69 Å². The number of nitrogens with zero attached hydrogens (tertiary/aromatic N) is 3. The molecule has 2 heterocycles. The molecule has 3 rings (SSSR count). The Morgan fingerprint density at radius 1 is 1.21 bits per heavy atom. The fourth-order valence-electron chi connectivity index (χ4n) is 2.21. The summed E-state index contributed by atoms with van der Waals surface area (Å²) in [5.74, 6) is 1.50. The van der Waals surface area contributed by atoms with Crippen LogP contribution >= 0.6 is 11.6 Å². The van der Waals surface area contributed by atoms with Crippen molar-refractivity contribution in [3.63, 3.8) is 0 Å². The Bertz CT molecular complexity index is 704. The van der Waals surface area contributed by atoms with Crippen LogP contribution in [-0.2, 0) is 6.42 Å². The predicted molar refractivity (Wildman–Crippen MR) is 78.0 cm³/mol. The lowest BCUT2D eigenvalue weighted by Gasteiger charge is -2.07. The van der Waals surface area contributed by atoms with Crippen molar-refractivity contribution in [1.82, 2.24) is 14.5 Å². The second kappa shape index (κ2) is 5.02. The molecule has 0 N–H and O–H groups in total. The number of alkyl halides is 1. The molecule has 0 spiro atoms. The smallest absolute Gasteiger partial charge is 0.164 e. The molecule has 96 valence electrons. The van der Waals surface area contributed by atoms with Gasteiger partial charge in [-0.2, -0.15) is 0 Å². The molecular weight excluding hydrogens is 258 g/mol. The van der Waals surface area contributed by atoms with E-state index >= 15 is 0 Å². The first-order valence-electron chi connectivity index (χ1n) is 6.25. The molecule has 0 saturated carbocycles. The van der Waals surface area contributed by atoms with Crippen LogP contribution in [0.4, 0.5) is 0 Å². The molecule has 4 heteroatoms. The highest BCUT2D eigenvalue weighted by Gasteiger charge is 2.12. The summed E-state index contributed by atoms with van der Waals surface area (Å²) in [5.41, 5.74) is 3.99. The van der Waals surface area contributed by atoms with Gasteiger partial charge in [0.1, 0.15) is 11.3 Å². The second-order valence-electron chi connectivity index (χ2n) is 4.49. The van der Waals surface area contributed by atoms with E-state index in [1.54, 1.807) is 0 Å². The molecule has 3 nitrogen and oxygen atoms in total. The average molecular weight is 272 g/mol. The van der Waals surface area contributed by atoms with Crippen LogP contribution in [0.1, 0.15) is 11.4 Å². The first-order chi connectivity index (χ1) is 9.29. The van der Waals surface area contributed by atoms with Gasteiger partial charge in [-0.05, 0) is 30.7 Å². The van der Waals surface area contributed by atoms with E-state index in [9.17, 15) is 0 Å². The summed E-state index contributed by atoms with van der Waals surface area (Å²) < 4.78 is 2.08. The minimum Gasteiger partial charge on any atom is -0.281 e. The molecule has 0 fully saturated rings. The highest BCUT2D eigenvalue weighted by molar-refractivity contribution is 6.17. The van der Waals surface area contributed by atoms with Gasteiger partial charge in [-0.1, -0.05) is 18.2 Å². The maximum absolute atomic E-state index is 5.88. The Kier molecular flexibility index (Phi) is 3.22.